The first-order chi connectivity index (χ1) is 10.8. The summed E-state index contributed by atoms with van der Waals surface area (Å²) in [6.07, 6.45) is 3.39. The van der Waals surface area contributed by atoms with Crippen molar-refractivity contribution in [3.63, 3.8) is 0 Å². The number of aromatic amines is 1. The van der Waals surface area contributed by atoms with E-state index in [0.717, 1.165) is 11.3 Å². The van der Waals surface area contributed by atoms with Crippen molar-refractivity contribution in [3.8, 4) is 17.3 Å². The van der Waals surface area contributed by atoms with Crippen LogP contribution in [0.4, 0.5) is 0 Å². The van der Waals surface area contributed by atoms with Gasteiger partial charge in [0.15, 0.2) is 0 Å². The van der Waals surface area contributed by atoms with Crippen molar-refractivity contribution >= 4 is 18.4 Å². The molecule has 3 rings (SSSR count). The number of aromatic nitrogens is 4. The zero-order chi connectivity index (χ0) is 15.4. The maximum absolute atomic E-state index is 5.22. The van der Waals surface area contributed by atoms with Crippen LogP contribution in [0.25, 0.3) is 11.5 Å². The molecular weight excluding hydrogens is 298 g/mol. The van der Waals surface area contributed by atoms with Gasteiger partial charge in [-0.1, -0.05) is 18.2 Å². The summed E-state index contributed by atoms with van der Waals surface area (Å²) in [6, 6.07) is 13.2. The first kappa shape index (κ1) is 14.2. The molecule has 0 bridgehead atoms. The summed E-state index contributed by atoms with van der Waals surface area (Å²) in [5, 5.41) is 11.3. The van der Waals surface area contributed by atoms with Gasteiger partial charge in [-0.3, -0.25) is 4.98 Å². The highest BCUT2D eigenvalue weighted by Crippen LogP contribution is 2.14. The third-order valence-electron chi connectivity index (χ3n) is 2.96. The molecule has 0 spiro atoms. The van der Waals surface area contributed by atoms with Crippen LogP contribution in [0.2, 0.25) is 0 Å². The summed E-state index contributed by atoms with van der Waals surface area (Å²) in [6.45, 7) is 0. The molecule has 0 aliphatic rings. The van der Waals surface area contributed by atoms with Gasteiger partial charge in [-0.2, -0.15) is 14.9 Å². The molecule has 7 heteroatoms. The topological polar surface area (TPSA) is 68.1 Å². The molecule has 110 valence electrons. The normalized spacial score (nSPS) is 11.0. The molecular formula is C15H13N5OS. The molecule has 22 heavy (non-hydrogen) atoms. The lowest BCUT2D eigenvalue weighted by Crippen LogP contribution is -1.96. The Morgan fingerprint density at radius 2 is 2.18 bits per heavy atom. The molecule has 6 nitrogen and oxygen atoms in total. The minimum absolute atomic E-state index is 0.403. The molecule has 2 aromatic heterocycles. The number of benzene rings is 1. The average molecular weight is 311 g/mol. The van der Waals surface area contributed by atoms with Gasteiger partial charge in [0.2, 0.25) is 10.6 Å². The number of ether oxygens (including phenoxy) is 1. The van der Waals surface area contributed by atoms with Crippen LogP contribution >= 0.6 is 12.2 Å². The van der Waals surface area contributed by atoms with Crippen LogP contribution in [0, 0.1) is 4.77 Å². The summed E-state index contributed by atoms with van der Waals surface area (Å²) in [5.74, 6) is 1.33. The fourth-order valence-corrected chi connectivity index (χ4v) is 2.09. The van der Waals surface area contributed by atoms with E-state index in [-0.39, 0.29) is 0 Å². The van der Waals surface area contributed by atoms with Crippen molar-refractivity contribution < 1.29 is 4.74 Å². The molecule has 0 aliphatic carbocycles. The third kappa shape index (κ3) is 2.94. The SMILES string of the molecule is COc1cccc(/C=N\n2c(-c3ccccn3)n[nH]c2=S)c1. The van der Waals surface area contributed by atoms with E-state index in [1.807, 2.05) is 42.5 Å². The average Bonchev–Trinajstić information content (AvgIpc) is 2.95. The molecule has 0 aliphatic heterocycles. The smallest absolute Gasteiger partial charge is 0.216 e. The summed E-state index contributed by atoms with van der Waals surface area (Å²) in [5.41, 5.74) is 1.59. The number of H-pyrrole nitrogens is 1. The molecule has 1 N–H and O–H groups in total. The summed E-state index contributed by atoms with van der Waals surface area (Å²) >= 11 is 5.22. The molecule has 2 heterocycles. The predicted octanol–water partition coefficient (Wildman–Crippen LogP) is 2.89. The van der Waals surface area contributed by atoms with Gasteiger partial charge in [-0.25, -0.2) is 5.10 Å². The maximum Gasteiger partial charge on any atom is 0.216 e. The predicted molar refractivity (Wildman–Crippen MR) is 86.6 cm³/mol. The van der Waals surface area contributed by atoms with Gasteiger partial charge in [0.25, 0.3) is 0 Å². The van der Waals surface area contributed by atoms with Crippen LogP contribution in [0.1, 0.15) is 5.56 Å². The van der Waals surface area contributed by atoms with Crippen molar-refractivity contribution in [2.24, 2.45) is 5.10 Å². The number of rotatable bonds is 4. The highest BCUT2D eigenvalue weighted by atomic mass is 32.1. The standard InChI is InChI=1S/C15H13N5OS/c1-21-12-6-4-5-11(9-12)10-17-20-14(18-19-15(20)22)13-7-2-3-8-16-13/h2-10H,1H3,(H,19,22)/b17-10-. The number of hydrogen-bond acceptors (Lipinski definition) is 5. The highest BCUT2D eigenvalue weighted by molar-refractivity contribution is 7.71. The zero-order valence-corrected chi connectivity index (χ0v) is 12.6. The molecule has 0 amide bonds. The van der Waals surface area contributed by atoms with Crippen LogP contribution in [0.5, 0.6) is 5.75 Å². The van der Waals surface area contributed by atoms with E-state index in [2.05, 4.69) is 20.3 Å². The van der Waals surface area contributed by atoms with Crippen LogP contribution in [-0.2, 0) is 0 Å². The van der Waals surface area contributed by atoms with Crippen molar-refractivity contribution in [2.45, 2.75) is 0 Å². The van der Waals surface area contributed by atoms with Gasteiger partial charge in [0, 0.05) is 6.20 Å². The lowest BCUT2D eigenvalue weighted by Gasteiger charge is -2.01. The first-order valence-electron chi connectivity index (χ1n) is 6.55. The van der Waals surface area contributed by atoms with Crippen LogP contribution in [-0.4, -0.2) is 33.2 Å². The first-order valence-corrected chi connectivity index (χ1v) is 6.96. The lowest BCUT2D eigenvalue weighted by atomic mass is 10.2. The Morgan fingerprint density at radius 1 is 1.27 bits per heavy atom. The number of methoxy groups -OCH3 is 1. The second-order valence-corrected chi connectivity index (χ2v) is 4.79. The fourth-order valence-electron chi connectivity index (χ4n) is 1.91. The van der Waals surface area contributed by atoms with E-state index in [1.54, 1.807) is 19.5 Å². The lowest BCUT2D eigenvalue weighted by molar-refractivity contribution is 0.415. The van der Waals surface area contributed by atoms with Crippen LogP contribution < -0.4 is 4.74 Å². The molecule has 3 aromatic rings. The fraction of sp³-hybridized carbons (Fsp3) is 0.0667. The molecule has 1 aromatic carbocycles. The summed E-state index contributed by atoms with van der Waals surface area (Å²) < 4.78 is 7.13. The number of pyridine rings is 1. The van der Waals surface area contributed by atoms with Gasteiger partial charge < -0.3 is 4.74 Å². The van der Waals surface area contributed by atoms with Gasteiger partial charge in [0.05, 0.1) is 13.3 Å². The van der Waals surface area contributed by atoms with Gasteiger partial charge in [0.1, 0.15) is 11.4 Å². The Bertz CT molecular complexity index is 854. The second kappa shape index (κ2) is 6.31. The minimum atomic E-state index is 0.403. The minimum Gasteiger partial charge on any atom is -0.497 e. The Labute approximate surface area is 132 Å². The van der Waals surface area contributed by atoms with Crippen molar-refractivity contribution in [1.82, 2.24) is 19.9 Å². The molecule has 0 saturated heterocycles. The Balaban J connectivity index is 1.97. The third-order valence-corrected chi connectivity index (χ3v) is 3.22. The van der Waals surface area contributed by atoms with Gasteiger partial charge >= 0.3 is 0 Å². The van der Waals surface area contributed by atoms with Crippen molar-refractivity contribution in [1.29, 1.82) is 0 Å². The highest BCUT2D eigenvalue weighted by Gasteiger charge is 2.08. The number of nitrogens with zero attached hydrogens (tertiary/aromatic N) is 4. The van der Waals surface area contributed by atoms with Gasteiger partial charge in [-0.05, 0) is 42.0 Å². The Kier molecular flexibility index (Phi) is 4.06. The number of nitrogens with one attached hydrogen (secondary N) is 1. The molecule has 0 unspecified atom stereocenters. The van der Waals surface area contributed by atoms with Crippen molar-refractivity contribution in [2.75, 3.05) is 7.11 Å². The Morgan fingerprint density at radius 3 is 2.95 bits per heavy atom. The largest absolute Gasteiger partial charge is 0.497 e. The van der Waals surface area contributed by atoms with E-state index in [9.17, 15) is 0 Å². The van der Waals surface area contributed by atoms with E-state index in [1.165, 1.54) is 4.68 Å². The van der Waals surface area contributed by atoms with Gasteiger partial charge in [-0.15, -0.1) is 0 Å². The molecule has 0 atom stereocenters. The molecule has 0 fully saturated rings. The maximum atomic E-state index is 5.22. The second-order valence-electron chi connectivity index (χ2n) is 4.40. The Hall–Kier alpha value is -2.80. The van der Waals surface area contributed by atoms with E-state index >= 15 is 0 Å². The van der Waals surface area contributed by atoms with E-state index in [4.69, 9.17) is 17.0 Å². The van der Waals surface area contributed by atoms with Crippen molar-refractivity contribution in [3.05, 3.63) is 59.0 Å². The summed E-state index contributed by atoms with van der Waals surface area (Å²) in [4.78, 5) is 4.26. The van der Waals surface area contributed by atoms with E-state index < -0.39 is 0 Å². The van der Waals surface area contributed by atoms with Crippen LogP contribution in [0.15, 0.2) is 53.8 Å². The monoisotopic (exact) mass is 311 g/mol. The summed E-state index contributed by atoms with van der Waals surface area (Å²) in [7, 11) is 1.63. The van der Waals surface area contributed by atoms with E-state index in [0.29, 0.717) is 16.3 Å². The molecule has 0 radical (unpaired) electrons. The van der Waals surface area contributed by atoms with Crippen LogP contribution in [0.3, 0.4) is 0 Å². The quantitative estimate of drug-likeness (QED) is 0.594. The molecule has 0 saturated carbocycles. The zero-order valence-electron chi connectivity index (χ0n) is 11.8. The number of hydrogen-bond donors (Lipinski definition) is 1.